The van der Waals surface area contributed by atoms with Gasteiger partial charge in [0.05, 0.1) is 12.1 Å². The molecule has 0 bridgehead atoms. The van der Waals surface area contributed by atoms with Crippen LogP contribution < -0.4 is 11.3 Å². The van der Waals surface area contributed by atoms with E-state index in [2.05, 4.69) is 0 Å². The monoisotopic (exact) mass is 294 g/mol. The lowest BCUT2D eigenvalue weighted by Gasteiger charge is -2.12. The number of rotatable bonds is 3. The molecule has 3 nitrogen and oxygen atoms in total. The summed E-state index contributed by atoms with van der Waals surface area (Å²) in [6.07, 6.45) is 0. The lowest BCUT2D eigenvalue weighted by molar-refractivity contribution is 0.572. The van der Waals surface area contributed by atoms with Crippen molar-refractivity contribution in [2.45, 2.75) is 13.5 Å². The quantitative estimate of drug-likeness (QED) is 0.882. The Balaban J connectivity index is 2.53. The third-order valence-corrected chi connectivity index (χ3v) is 3.21. The zero-order chi connectivity index (χ0) is 14.9. The number of halogens is 2. The topological polar surface area (TPSA) is 48.0 Å². The largest absolute Gasteiger partial charge is 0.389 e. The van der Waals surface area contributed by atoms with Gasteiger partial charge in [-0.1, -0.05) is 12.2 Å². The Kier molecular flexibility index (Phi) is 3.94. The molecule has 0 aliphatic carbocycles. The normalized spacial score (nSPS) is 10.6. The van der Waals surface area contributed by atoms with Gasteiger partial charge in [0.15, 0.2) is 0 Å². The standard InChI is InChI=1S/C14H12F2N2OS/c1-8-2-4-11(13(17)20)14(19)18(8)7-9-6-10(15)3-5-12(9)16/h2-6H,7H2,1H3,(H2,17,20). The average Bonchev–Trinajstić information content (AvgIpc) is 2.38. The van der Waals surface area contributed by atoms with Gasteiger partial charge in [-0.2, -0.15) is 0 Å². The van der Waals surface area contributed by atoms with Gasteiger partial charge < -0.3 is 10.3 Å². The maximum atomic E-state index is 13.6. The van der Waals surface area contributed by atoms with Crippen LogP contribution in [0.3, 0.4) is 0 Å². The van der Waals surface area contributed by atoms with Crippen molar-refractivity contribution in [3.8, 4) is 0 Å². The van der Waals surface area contributed by atoms with E-state index in [0.29, 0.717) is 5.69 Å². The highest BCUT2D eigenvalue weighted by Gasteiger charge is 2.11. The molecule has 2 N–H and O–H groups in total. The van der Waals surface area contributed by atoms with Crippen molar-refractivity contribution in [1.82, 2.24) is 4.57 Å². The molecule has 0 aliphatic rings. The summed E-state index contributed by atoms with van der Waals surface area (Å²) in [5.41, 5.74) is 5.93. The SMILES string of the molecule is Cc1ccc(C(N)=S)c(=O)n1Cc1cc(F)ccc1F. The maximum Gasteiger partial charge on any atom is 0.261 e. The second-order valence-electron chi connectivity index (χ2n) is 4.38. The van der Waals surface area contributed by atoms with Gasteiger partial charge in [0, 0.05) is 11.3 Å². The van der Waals surface area contributed by atoms with Gasteiger partial charge in [-0.3, -0.25) is 4.79 Å². The first kappa shape index (κ1) is 14.3. The number of nitrogens with zero attached hydrogens (tertiary/aromatic N) is 1. The van der Waals surface area contributed by atoms with Crippen LogP contribution in [0.4, 0.5) is 8.78 Å². The fraction of sp³-hybridized carbons (Fsp3) is 0.143. The third-order valence-electron chi connectivity index (χ3n) is 2.99. The fourth-order valence-corrected chi connectivity index (χ4v) is 2.04. The minimum absolute atomic E-state index is 0.0246. The van der Waals surface area contributed by atoms with Crippen molar-refractivity contribution < 1.29 is 8.78 Å². The molecule has 0 radical (unpaired) electrons. The van der Waals surface area contributed by atoms with Crippen LogP contribution in [0.25, 0.3) is 0 Å². The molecule has 0 spiro atoms. The second kappa shape index (κ2) is 5.50. The molecule has 2 rings (SSSR count). The van der Waals surface area contributed by atoms with E-state index >= 15 is 0 Å². The zero-order valence-electron chi connectivity index (χ0n) is 10.7. The van der Waals surface area contributed by atoms with Gasteiger partial charge >= 0.3 is 0 Å². The summed E-state index contributed by atoms with van der Waals surface area (Å²) in [7, 11) is 0. The van der Waals surface area contributed by atoms with E-state index in [1.54, 1.807) is 13.0 Å². The number of benzene rings is 1. The van der Waals surface area contributed by atoms with Crippen molar-refractivity contribution in [3.05, 3.63) is 69.1 Å². The van der Waals surface area contributed by atoms with Gasteiger partial charge in [-0.05, 0) is 37.3 Å². The number of hydrogen-bond donors (Lipinski definition) is 1. The summed E-state index contributed by atoms with van der Waals surface area (Å²) in [5.74, 6) is -1.13. The Labute approximate surface area is 119 Å². The molecule has 2 aromatic rings. The average molecular weight is 294 g/mol. The van der Waals surface area contributed by atoms with Gasteiger partial charge in [-0.25, -0.2) is 8.78 Å². The summed E-state index contributed by atoms with van der Waals surface area (Å²) >= 11 is 4.79. The summed E-state index contributed by atoms with van der Waals surface area (Å²) in [6.45, 7) is 1.62. The number of nitrogens with two attached hydrogens (primary N) is 1. The molecule has 1 aromatic heterocycles. The van der Waals surface area contributed by atoms with E-state index in [4.69, 9.17) is 18.0 Å². The van der Waals surface area contributed by atoms with E-state index in [0.717, 1.165) is 18.2 Å². The summed E-state index contributed by atoms with van der Waals surface area (Å²) < 4.78 is 28.1. The van der Waals surface area contributed by atoms with E-state index in [1.165, 1.54) is 10.6 Å². The number of aryl methyl sites for hydroxylation is 1. The van der Waals surface area contributed by atoms with E-state index < -0.39 is 17.2 Å². The zero-order valence-corrected chi connectivity index (χ0v) is 11.5. The third kappa shape index (κ3) is 2.75. The van der Waals surface area contributed by atoms with Crippen LogP contribution in [0, 0.1) is 18.6 Å². The lowest BCUT2D eigenvalue weighted by atomic mass is 10.1. The highest BCUT2D eigenvalue weighted by Crippen LogP contribution is 2.12. The minimum Gasteiger partial charge on any atom is -0.389 e. The Morgan fingerprint density at radius 1 is 1.30 bits per heavy atom. The van der Waals surface area contributed by atoms with Crippen molar-refractivity contribution in [3.63, 3.8) is 0 Å². The van der Waals surface area contributed by atoms with Gasteiger partial charge in [-0.15, -0.1) is 0 Å². The van der Waals surface area contributed by atoms with E-state index in [1.807, 2.05) is 0 Å². The number of thiocarbonyl (C=S) groups is 1. The molecule has 0 fully saturated rings. The number of pyridine rings is 1. The molecule has 0 saturated carbocycles. The predicted molar refractivity (Wildman–Crippen MR) is 76.8 cm³/mol. The molecular formula is C14H12F2N2OS. The van der Waals surface area contributed by atoms with Gasteiger partial charge in [0.25, 0.3) is 5.56 Å². The van der Waals surface area contributed by atoms with Gasteiger partial charge in [0.2, 0.25) is 0 Å². The smallest absolute Gasteiger partial charge is 0.261 e. The molecule has 0 saturated heterocycles. The Morgan fingerprint density at radius 3 is 2.65 bits per heavy atom. The first-order chi connectivity index (χ1) is 9.40. The highest BCUT2D eigenvalue weighted by atomic mass is 32.1. The molecule has 1 aromatic carbocycles. The fourth-order valence-electron chi connectivity index (χ4n) is 1.89. The van der Waals surface area contributed by atoms with Crippen LogP contribution in [0.2, 0.25) is 0 Å². The first-order valence-electron chi connectivity index (χ1n) is 5.84. The number of aromatic nitrogens is 1. The molecule has 0 amide bonds. The van der Waals surface area contributed by atoms with Crippen molar-refractivity contribution >= 4 is 17.2 Å². The Hall–Kier alpha value is -2.08. The van der Waals surface area contributed by atoms with Crippen LogP contribution in [0.1, 0.15) is 16.8 Å². The van der Waals surface area contributed by atoms with Crippen LogP contribution in [-0.2, 0) is 6.54 Å². The maximum absolute atomic E-state index is 13.6. The minimum atomic E-state index is -0.571. The van der Waals surface area contributed by atoms with Crippen molar-refractivity contribution in [2.24, 2.45) is 5.73 Å². The molecule has 104 valence electrons. The van der Waals surface area contributed by atoms with Crippen LogP contribution in [0.5, 0.6) is 0 Å². The van der Waals surface area contributed by atoms with Gasteiger partial charge in [0.1, 0.15) is 16.6 Å². The number of hydrogen-bond acceptors (Lipinski definition) is 2. The molecule has 1 heterocycles. The Morgan fingerprint density at radius 2 is 2.00 bits per heavy atom. The molecule has 0 atom stereocenters. The van der Waals surface area contributed by atoms with Crippen LogP contribution in [0.15, 0.2) is 35.1 Å². The molecule has 6 heteroatoms. The summed E-state index contributed by atoms with van der Waals surface area (Å²) in [4.78, 5) is 12.2. The van der Waals surface area contributed by atoms with Crippen molar-refractivity contribution in [1.29, 1.82) is 0 Å². The molecule has 0 unspecified atom stereocenters. The molecule has 0 aliphatic heterocycles. The van der Waals surface area contributed by atoms with E-state index in [9.17, 15) is 13.6 Å². The second-order valence-corrected chi connectivity index (χ2v) is 4.82. The summed E-state index contributed by atoms with van der Waals surface area (Å²) in [6, 6.07) is 6.31. The van der Waals surface area contributed by atoms with Crippen molar-refractivity contribution in [2.75, 3.05) is 0 Å². The van der Waals surface area contributed by atoms with Crippen LogP contribution in [-0.4, -0.2) is 9.56 Å². The first-order valence-corrected chi connectivity index (χ1v) is 6.25. The van der Waals surface area contributed by atoms with E-state index in [-0.39, 0.29) is 22.7 Å². The summed E-state index contributed by atoms with van der Waals surface area (Å²) in [5, 5.41) is 0. The van der Waals surface area contributed by atoms with Crippen LogP contribution >= 0.6 is 12.2 Å². The molecule has 20 heavy (non-hydrogen) atoms. The lowest BCUT2D eigenvalue weighted by Crippen LogP contribution is -2.30. The molecular weight excluding hydrogens is 282 g/mol. The Bertz CT molecular complexity index is 740. The highest BCUT2D eigenvalue weighted by molar-refractivity contribution is 7.80. The predicted octanol–water partition coefficient (Wildman–Crippen LogP) is 2.12.